The lowest BCUT2D eigenvalue weighted by Crippen LogP contribution is -2.24. The molecular formula is C16H20FN3O. The van der Waals surface area contributed by atoms with Crippen molar-refractivity contribution in [1.82, 2.24) is 15.3 Å². The quantitative estimate of drug-likeness (QED) is 0.851. The van der Waals surface area contributed by atoms with Gasteiger partial charge in [-0.2, -0.15) is 0 Å². The van der Waals surface area contributed by atoms with Gasteiger partial charge in [0.1, 0.15) is 12.1 Å². The fourth-order valence-corrected chi connectivity index (χ4v) is 2.16. The normalized spacial score (nSPS) is 12.1. The molecule has 0 amide bonds. The maximum atomic E-state index is 13.4. The molecule has 1 aromatic carbocycles. The van der Waals surface area contributed by atoms with E-state index >= 15 is 0 Å². The molecule has 5 heteroatoms. The van der Waals surface area contributed by atoms with Crippen LogP contribution in [-0.4, -0.2) is 23.6 Å². The van der Waals surface area contributed by atoms with Gasteiger partial charge in [-0.15, -0.1) is 0 Å². The lowest BCUT2D eigenvalue weighted by atomic mass is 10.0. The molecule has 1 N–H and O–H groups in total. The molecule has 0 radical (unpaired) electrons. The summed E-state index contributed by atoms with van der Waals surface area (Å²) in [6, 6.07) is 8.49. The molecule has 0 fully saturated rings. The minimum atomic E-state index is -0.226. The SMILES string of the molecule is CCCNC(Cc1cc(OC)ncn1)c1cccc(F)c1. The second-order valence-corrected chi connectivity index (χ2v) is 4.82. The van der Waals surface area contributed by atoms with E-state index in [0.29, 0.717) is 12.3 Å². The van der Waals surface area contributed by atoms with Crippen LogP contribution in [0.15, 0.2) is 36.7 Å². The van der Waals surface area contributed by atoms with Crippen LogP contribution in [0.4, 0.5) is 4.39 Å². The highest BCUT2D eigenvalue weighted by Crippen LogP contribution is 2.19. The zero-order chi connectivity index (χ0) is 15.1. The largest absolute Gasteiger partial charge is 0.481 e. The van der Waals surface area contributed by atoms with Crippen LogP contribution in [-0.2, 0) is 6.42 Å². The van der Waals surface area contributed by atoms with Gasteiger partial charge in [-0.3, -0.25) is 0 Å². The molecule has 0 saturated carbocycles. The van der Waals surface area contributed by atoms with Gasteiger partial charge < -0.3 is 10.1 Å². The van der Waals surface area contributed by atoms with E-state index in [-0.39, 0.29) is 11.9 Å². The first-order chi connectivity index (χ1) is 10.2. The molecule has 0 bridgehead atoms. The van der Waals surface area contributed by atoms with E-state index in [1.807, 2.05) is 6.07 Å². The summed E-state index contributed by atoms with van der Waals surface area (Å²) in [4.78, 5) is 8.26. The van der Waals surface area contributed by atoms with Crippen LogP contribution >= 0.6 is 0 Å². The Labute approximate surface area is 124 Å². The van der Waals surface area contributed by atoms with Crippen molar-refractivity contribution in [1.29, 1.82) is 0 Å². The summed E-state index contributed by atoms with van der Waals surface area (Å²) in [5.41, 5.74) is 1.78. The first kappa shape index (κ1) is 15.4. The second kappa shape index (κ2) is 7.69. The zero-order valence-electron chi connectivity index (χ0n) is 12.3. The summed E-state index contributed by atoms with van der Waals surface area (Å²) in [5, 5.41) is 3.43. The number of nitrogens with one attached hydrogen (secondary N) is 1. The summed E-state index contributed by atoms with van der Waals surface area (Å²) in [6.45, 7) is 2.97. The molecule has 1 unspecified atom stereocenters. The maximum Gasteiger partial charge on any atom is 0.216 e. The molecule has 1 aromatic heterocycles. The smallest absolute Gasteiger partial charge is 0.216 e. The predicted molar refractivity (Wildman–Crippen MR) is 79.7 cm³/mol. The molecule has 0 aliphatic carbocycles. The van der Waals surface area contributed by atoms with Gasteiger partial charge in [0.05, 0.1) is 7.11 Å². The van der Waals surface area contributed by atoms with E-state index < -0.39 is 0 Å². The maximum absolute atomic E-state index is 13.4. The van der Waals surface area contributed by atoms with Crippen molar-refractivity contribution in [2.24, 2.45) is 0 Å². The molecule has 4 nitrogen and oxygen atoms in total. The van der Waals surface area contributed by atoms with Crippen molar-refractivity contribution >= 4 is 0 Å². The minimum absolute atomic E-state index is 0.0141. The summed E-state index contributed by atoms with van der Waals surface area (Å²) in [7, 11) is 1.57. The topological polar surface area (TPSA) is 47.0 Å². The van der Waals surface area contributed by atoms with Gasteiger partial charge in [0.15, 0.2) is 0 Å². The lowest BCUT2D eigenvalue weighted by molar-refractivity contribution is 0.395. The molecule has 1 heterocycles. The van der Waals surface area contributed by atoms with E-state index in [9.17, 15) is 4.39 Å². The molecule has 21 heavy (non-hydrogen) atoms. The Hall–Kier alpha value is -2.01. The Morgan fingerprint density at radius 1 is 1.29 bits per heavy atom. The van der Waals surface area contributed by atoms with E-state index in [1.54, 1.807) is 25.3 Å². The first-order valence-corrected chi connectivity index (χ1v) is 7.06. The van der Waals surface area contributed by atoms with Crippen LogP contribution in [0.1, 0.15) is 30.6 Å². The number of methoxy groups -OCH3 is 1. The molecule has 1 atom stereocenters. The Kier molecular flexibility index (Phi) is 5.63. The van der Waals surface area contributed by atoms with Crippen molar-refractivity contribution in [2.45, 2.75) is 25.8 Å². The molecule has 0 aliphatic heterocycles. The molecule has 2 aromatic rings. The monoisotopic (exact) mass is 289 g/mol. The summed E-state index contributed by atoms with van der Waals surface area (Å²) in [5.74, 6) is 0.310. The number of aromatic nitrogens is 2. The number of hydrogen-bond acceptors (Lipinski definition) is 4. The number of hydrogen-bond donors (Lipinski definition) is 1. The van der Waals surface area contributed by atoms with Crippen LogP contribution in [0.25, 0.3) is 0 Å². The van der Waals surface area contributed by atoms with E-state index in [0.717, 1.165) is 24.2 Å². The molecular weight excluding hydrogens is 269 g/mol. The molecule has 0 spiro atoms. The first-order valence-electron chi connectivity index (χ1n) is 7.06. The fraction of sp³-hybridized carbons (Fsp3) is 0.375. The van der Waals surface area contributed by atoms with Gasteiger partial charge in [0.2, 0.25) is 5.88 Å². The molecule has 112 valence electrons. The third-order valence-electron chi connectivity index (χ3n) is 3.21. The lowest BCUT2D eigenvalue weighted by Gasteiger charge is -2.19. The van der Waals surface area contributed by atoms with Crippen molar-refractivity contribution in [2.75, 3.05) is 13.7 Å². The average Bonchev–Trinajstić information content (AvgIpc) is 2.51. The van der Waals surface area contributed by atoms with Crippen molar-refractivity contribution < 1.29 is 9.13 Å². The third kappa shape index (κ3) is 4.49. The highest BCUT2D eigenvalue weighted by atomic mass is 19.1. The Morgan fingerprint density at radius 3 is 2.86 bits per heavy atom. The Bertz CT molecular complexity index is 577. The predicted octanol–water partition coefficient (Wildman–Crippen LogP) is 2.91. The zero-order valence-corrected chi connectivity index (χ0v) is 12.3. The molecule has 0 aliphatic rings. The number of ether oxygens (including phenoxy) is 1. The average molecular weight is 289 g/mol. The number of benzene rings is 1. The van der Waals surface area contributed by atoms with Crippen molar-refractivity contribution in [3.8, 4) is 5.88 Å². The number of halogens is 1. The van der Waals surface area contributed by atoms with Gasteiger partial charge >= 0.3 is 0 Å². The Balaban J connectivity index is 2.19. The van der Waals surface area contributed by atoms with E-state index in [2.05, 4.69) is 22.2 Å². The number of nitrogens with zero attached hydrogens (tertiary/aromatic N) is 2. The highest BCUT2D eigenvalue weighted by molar-refractivity contribution is 5.23. The van der Waals surface area contributed by atoms with Crippen LogP contribution in [0.2, 0.25) is 0 Å². The van der Waals surface area contributed by atoms with Gasteiger partial charge in [0, 0.05) is 24.2 Å². The van der Waals surface area contributed by atoms with Gasteiger partial charge in [0.25, 0.3) is 0 Å². The van der Waals surface area contributed by atoms with Crippen LogP contribution in [0, 0.1) is 5.82 Å². The van der Waals surface area contributed by atoms with E-state index in [1.165, 1.54) is 12.4 Å². The minimum Gasteiger partial charge on any atom is -0.481 e. The van der Waals surface area contributed by atoms with Crippen molar-refractivity contribution in [3.05, 3.63) is 53.7 Å². The number of rotatable bonds is 7. The summed E-state index contributed by atoms with van der Waals surface area (Å²) in [6.07, 6.45) is 3.15. The second-order valence-electron chi connectivity index (χ2n) is 4.82. The Morgan fingerprint density at radius 2 is 2.14 bits per heavy atom. The third-order valence-corrected chi connectivity index (χ3v) is 3.21. The molecule has 0 saturated heterocycles. The van der Waals surface area contributed by atoms with Crippen LogP contribution in [0.3, 0.4) is 0 Å². The van der Waals surface area contributed by atoms with Crippen LogP contribution < -0.4 is 10.1 Å². The highest BCUT2D eigenvalue weighted by Gasteiger charge is 2.13. The van der Waals surface area contributed by atoms with Gasteiger partial charge in [-0.1, -0.05) is 19.1 Å². The molecule has 2 rings (SSSR count). The van der Waals surface area contributed by atoms with Gasteiger partial charge in [-0.05, 0) is 30.7 Å². The summed E-state index contributed by atoms with van der Waals surface area (Å²) >= 11 is 0. The van der Waals surface area contributed by atoms with E-state index in [4.69, 9.17) is 4.74 Å². The standard InChI is InChI=1S/C16H20FN3O/c1-3-7-18-15(12-5-4-6-13(17)8-12)9-14-10-16(21-2)20-11-19-14/h4-6,8,10-11,15,18H,3,7,9H2,1-2H3. The fourth-order valence-electron chi connectivity index (χ4n) is 2.16. The van der Waals surface area contributed by atoms with Crippen molar-refractivity contribution in [3.63, 3.8) is 0 Å². The summed E-state index contributed by atoms with van der Waals surface area (Å²) < 4.78 is 18.5. The van der Waals surface area contributed by atoms with Crippen LogP contribution in [0.5, 0.6) is 5.88 Å². The van der Waals surface area contributed by atoms with Gasteiger partial charge in [-0.25, -0.2) is 14.4 Å².